The average molecular weight is 1200 g/mol. The Kier molecular flexibility index (Phi) is 76.3. The third kappa shape index (κ3) is 74.9. The van der Waals surface area contributed by atoms with Gasteiger partial charge in [-0.05, 0) is 99.3 Å². The molecule has 21 heteroatoms. The second-order valence-electron chi connectivity index (χ2n) is 19.8. The van der Waals surface area contributed by atoms with Crippen molar-refractivity contribution in [1.29, 1.82) is 15.8 Å². The fraction of sp³-hybridized carbons (Fsp3) is 0.714. The van der Waals surface area contributed by atoms with E-state index in [1.54, 1.807) is 41.5 Å². The standard InChI is InChI=1S/3C11H19NO3.3C5H9N.3C5H10O2/c3*1-5-9(4)11(14)15-7-6-12-10(13)8(2)3;3*1-3-5(2)4-6;3*1-3-4(2)5(6)7/h3*9H,2,5-7H2,1,3-4H3,(H,12,13);3*5H,3H2,1-2H3;3*4H,3H2,1-2H3,(H,6,7). The fourth-order valence-electron chi connectivity index (χ4n) is 3.13. The molecule has 21 nitrogen and oxygen atoms in total. The fourth-order valence-corrected chi connectivity index (χ4v) is 3.13. The van der Waals surface area contributed by atoms with Crippen molar-refractivity contribution in [3.8, 4) is 18.2 Å². The smallest absolute Gasteiger partial charge is 0.308 e. The quantitative estimate of drug-likeness (QED) is 0.0193. The van der Waals surface area contributed by atoms with E-state index in [4.69, 9.17) is 45.3 Å². The minimum Gasteiger partial charge on any atom is -0.481 e. The normalized spacial score (nSPS) is 12.4. The minimum atomic E-state index is -0.706. The lowest BCUT2D eigenvalue weighted by Gasteiger charge is -2.09. The first kappa shape index (κ1) is 96.1. The summed E-state index contributed by atoms with van der Waals surface area (Å²) in [6, 6.07) is 6.34. The first-order valence-electron chi connectivity index (χ1n) is 29.1. The third-order valence-electron chi connectivity index (χ3n) is 11.7. The monoisotopic (exact) mass is 1190 g/mol. The molecule has 3 amide bonds. The van der Waals surface area contributed by atoms with Gasteiger partial charge in [-0.15, -0.1) is 0 Å². The van der Waals surface area contributed by atoms with Crippen LogP contribution in [0, 0.1) is 87.3 Å². The predicted octanol–water partition coefficient (Wildman–Crippen LogP) is 11.8. The number of carbonyl (C=O) groups is 9. The van der Waals surface area contributed by atoms with E-state index < -0.39 is 17.9 Å². The molecule has 0 bridgehead atoms. The Hall–Kier alpha value is -7.08. The maximum atomic E-state index is 11.2. The molecular formula is C63H114N6O15. The predicted molar refractivity (Wildman–Crippen MR) is 331 cm³/mol. The summed E-state index contributed by atoms with van der Waals surface area (Å²) in [5.41, 5.74) is 1.34. The highest BCUT2D eigenvalue weighted by Gasteiger charge is 2.14. The number of ether oxygens (including phenoxy) is 3. The molecule has 0 aromatic carbocycles. The van der Waals surface area contributed by atoms with Crippen molar-refractivity contribution >= 4 is 53.5 Å². The van der Waals surface area contributed by atoms with Gasteiger partial charge in [-0.1, -0.05) is 124 Å². The Morgan fingerprint density at radius 2 is 0.524 bits per heavy atom. The second-order valence-corrected chi connectivity index (χ2v) is 19.8. The second kappa shape index (κ2) is 66.7. The molecule has 0 saturated carbocycles. The summed E-state index contributed by atoms with van der Waals surface area (Å²) in [7, 11) is 0. The van der Waals surface area contributed by atoms with Crippen molar-refractivity contribution in [2.75, 3.05) is 39.5 Å². The molecule has 486 valence electrons. The van der Waals surface area contributed by atoms with Gasteiger partial charge in [0.1, 0.15) is 19.8 Å². The zero-order valence-corrected chi connectivity index (χ0v) is 55.5. The molecule has 0 fully saturated rings. The van der Waals surface area contributed by atoms with E-state index in [1.807, 2.05) is 104 Å². The maximum absolute atomic E-state index is 11.2. The summed E-state index contributed by atoms with van der Waals surface area (Å²) in [6.45, 7) is 50.6. The molecular weight excluding hydrogens is 1080 g/mol. The van der Waals surface area contributed by atoms with Crippen molar-refractivity contribution in [2.24, 2.45) is 53.3 Å². The van der Waals surface area contributed by atoms with Crippen molar-refractivity contribution in [3.05, 3.63) is 36.5 Å². The molecule has 0 rings (SSSR count). The number of nitriles is 3. The average Bonchev–Trinajstić information content (AvgIpc) is 3.48. The van der Waals surface area contributed by atoms with Gasteiger partial charge in [0.15, 0.2) is 0 Å². The maximum Gasteiger partial charge on any atom is 0.308 e. The number of carboxylic acids is 3. The van der Waals surface area contributed by atoms with Gasteiger partial charge in [0, 0.05) is 34.5 Å². The van der Waals surface area contributed by atoms with Gasteiger partial charge >= 0.3 is 35.8 Å². The van der Waals surface area contributed by atoms with Gasteiger partial charge < -0.3 is 45.5 Å². The van der Waals surface area contributed by atoms with Crippen LogP contribution in [0.1, 0.15) is 203 Å². The van der Waals surface area contributed by atoms with Gasteiger partial charge in [-0.3, -0.25) is 43.2 Å². The molecule has 6 N–H and O–H groups in total. The molecule has 0 spiro atoms. The number of hydrogen-bond acceptors (Lipinski definition) is 15. The Labute approximate surface area is 506 Å². The van der Waals surface area contributed by atoms with Crippen LogP contribution in [0.2, 0.25) is 0 Å². The summed E-state index contributed by atoms with van der Waals surface area (Å²) < 4.78 is 14.8. The zero-order chi connectivity index (χ0) is 68.1. The van der Waals surface area contributed by atoms with E-state index in [1.165, 1.54) is 0 Å². The van der Waals surface area contributed by atoms with Crippen LogP contribution in [0.3, 0.4) is 0 Å². The van der Waals surface area contributed by atoms with E-state index in [9.17, 15) is 43.2 Å². The van der Waals surface area contributed by atoms with Crippen LogP contribution in [0.4, 0.5) is 0 Å². The largest absolute Gasteiger partial charge is 0.481 e. The molecule has 0 aromatic rings. The number of aliphatic carboxylic acids is 3. The molecule has 9 atom stereocenters. The van der Waals surface area contributed by atoms with Crippen LogP contribution in [-0.4, -0.2) is 108 Å². The summed E-state index contributed by atoms with van der Waals surface area (Å²) in [5.74, 6) is -3.48. The number of esters is 3. The number of amides is 3. The first-order valence-corrected chi connectivity index (χ1v) is 29.1. The Morgan fingerprint density at radius 1 is 0.357 bits per heavy atom. The van der Waals surface area contributed by atoms with Crippen LogP contribution in [0.15, 0.2) is 36.5 Å². The molecule has 84 heavy (non-hydrogen) atoms. The Bertz CT molecular complexity index is 1750. The summed E-state index contributed by atoms with van der Waals surface area (Å²) >= 11 is 0. The number of rotatable bonds is 27. The van der Waals surface area contributed by atoms with Crippen molar-refractivity contribution < 1.29 is 72.7 Å². The molecule has 0 aliphatic rings. The van der Waals surface area contributed by atoms with E-state index in [0.29, 0.717) is 36.4 Å². The number of nitrogens with one attached hydrogen (secondary N) is 3. The lowest BCUT2D eigenvalue weighted by atomic mass is 10.1. The van der Waals surface area contributed by atoms with E-state index in [0.717, 1.165) is 57.8 Å². The van der Waals surface area contributed by atoms with Crippen LogP contribution in [-0.2, 0) is 57.4 Å². The van der Waals surface area contributed by atoms with Gasteiger partial charge in [0.2, 0.25) is 17.7 Å². The van der Waals surface area contributed by atoms with Gasteiger partial charge in [0.25, 0.3) is 0 Å². The summed E-state index contributed by atoms with van der Waals surface area (Å²) in [6.07, 6.45) is 7.34. The molecule has 9 unspecified atom stereocenters. The molecule has 0 aliphatic heterocycles. The zero-order valence-electron chi connectivity index (χ0n) is 55.5. The van der Waals surface area contributed by atoms with Crippen LogP contribution in [0.5, 0.6) is 0 Å². The number of nitrogens with zero attached hydrogens (tertiary/aromatic N) is 3. The SMILES string of the molecule is C=C(C)C(=O)NCCOC(=O)C(C)CC.C=C(C)C(=O)NCCOC(=O)C(C)CC.C=C(C)C(=O)NCCOC(=O)C(C)CC.CCC(C)C#N.CCC(C)C#N.CCC(C)C#N.CCC(C)C(=O)O.CCC(C)C(=O)O.CCC(C)C(=O)O. The minimum absolute atomic E-state index is 0.0816. The van der Waals surface area contributed by atoms with Gasteiger partial charge in [-0.25, -0.2) is 0 Å². The van der Waals surface area contributed by atoms with Crippen LogP contribution >= 0.6 is 0 Å². The van der Waals surface area contributed by atoms with Crippen LogP contribution < -0.4 is 16.0 Å². The highest BCUT2D eigenvalue weighted by molar-refractivity contribution is 5.93. The van der Waals surface area contributed by atoms with Crippen molar-refractivity contribution in [1.82, 2.24) is 16.0 Å². The highest BCUT2D eigenvalue weighted by Crippen LogP contribution is 2.05. The first-order chi connectivity index (χ1) is 38.9. The highest BCUT2D eigenvalue weighted by atomic mass is 16.5. The van der Waals surface area contributed by atoms with E-state index >= 15 is 0 Å². The Balaban J connectivity index is -0.000000111. The van der Waals surface area contributed by atoms with Gasteiger partial charge in [0.05, 0.1) is 73.3 Å². The lowest BCUT2D eigenvalue weighted by Crippen LogP contribution is -2.29. The number of carbonyl (C=O) groups excluding carboxylic acids is 6. The molecule has 0 radical (unpaired) electrons. The van der Waals surface area contributed by atoms with E-state index in [2.05, 4.69) is 53.9 Å². The molecule has 0 saturated heterocycles. The summed E-state index contributed by atoms with van der Waals surface area (Å²) in [5, 5.41) is 56.5. The van der Waals surface area contributed by atoms with E-state index in [-0.39, 0.29) is 109 Å². The lowest BCUT2D eigenvalue weighted by molar-refractivity contribution is -0.148. The molecule has 0 heterocycles. The summed E-state index contributed by atoms with van der Waals surface area (Å²) in [4.78, 5) is 96.5. The van der Waals surface area contributed by atoms with Crippen LogP contribution in [0.25, 0.3) is 0 Å². The molecule has 0 aromatic heterocycles. The number of hydrogen-bond donors (Lipinski definition) is 6. The third-order valence-corrected chi connectivity index (χ3v) is 11.7. The number of carboxylic acid groups (broad SMARTS) is 3. The topological polar surface area (TPSA) is 349 Å². The molecule has 0 aliphatic carbocycles. The van der Waals surface area contributed by atoms with Crippen molar-refractivity contribution in [2.45, 2.75) is 203 Å². The van der Waals surface area contributed by atoms with Crippen molar-refractivity contribution in [3.63, 3.8) is 0 Å². The van der Waals surface area contributed by atoms with Gasteiger partial charge in [-0.2, -0.15) is 15.8 Å². The Morgan fingerprint density at radius 3 is 0.607 bits per heavy atom.